The summed E-state index contributed by atoms with van der Waals surface area (Å²) in [4.78, 5) is 23.4. The fourth-order valence-corrected chi connectivity index (χ4v) is 3.23. The second kappa shape index (κ2) is 8.10. The van der Waals surface area contributed by atoms with Crippen LogP contribution in [0.3, 0.4) is 0 Å². The molecule has 0 saturated carbocycles. The van der Waals surface area contributed by atoms with E-state index in [4.69, 9.17) is 0 Å². The summed E-state index contributed by atoms with van der Waals surface area (Å²) in [5.74, 6) is 1.14. The zero-order valence-electron chi connectivity index (χ0n) is 15.0. The number of aromatic nitrogens is 2. The summed E-state index contributed by atoms with van der Waals surface area (Å²) in [6, 6.07) is 10.5. The molecule has 1 aliphatic rings. The molecule has 0 fully saturated rings. The van der Waals surface area contributed by atoms with Crippen molar-refractivity contribution in [3.8, 4) is 0 Å². The van der Waals surface area contributed by atoms with Crippen molar-refractivity contribution in [2.45, 2.75) is 45.6 Å². The van der Waals surface area contributed by atoms with Gasteiger partial charge in [-0.2, -0.15) is 0 Å². The Morgan fingerprint density at radius 2 is 1.92 bits per heavy atom. The average Bonchev–Trinajstić information content (AvgIpc) is 2.84. The number of carbonyl (C=O) groups excluding carboxylic acids is 1. The third kappa shape index (κ3) is 4.56. The smallest absolute Gasteiger partial charge is 0.222 e. The lowest BCUT2D eigenvalue weighted by Crippen LogP contribution is -2.33. The van der Waals surface area contributed by atoms with Gasteiger partial charge in [-0.25, -0.2) is 9.97 Å². The molecule has 25 heavy (non-hydrogen) atoms. The highest BCUT2D eigenvalue weighted by atomic mass is 16.2. The SMILES string of the molecule is CC(C)Nc1ncnc2c1CCN(C(=O)CCc1ccccc1)CC2. The zero-order valence-corrected chi connectivity index (χ0v) is 15.0. The van der Waals surface area contributed by atoms with Gasteiger partial charge in [-0.1, -0.05) is 30.3 Å². The molecule has 0 saturated heterocycles. The van der Waals surface area contributed by atoms with Crippen LogP contribution in [0.15, 0.2) is 36.7 Å². The Kier molecular flexibility index (Phi) is 5.64. The van der Waals surface area contributed by atoms with Gasteiger partial charge in [0, 0.05) is 37.5 Å². The molecule has 5 heteroatoms. The van der Waals surface area contributed by atoms with Crippen LogP contribution in [-0.4, -0.2) is 39.9 Å². The molecule has 2 heterocycles. The van der Waals surface area contributed by atoms with Crippen molar-refractivity contribution in [3.63, 3.8) is 0 Å². The van der Waals surface area contributed by atoms with Crippen molar-refractivity contribution in [2.75, 3.05) is 18.4 Å². The number of hydrogen-bond acceptors (Lipinski definition) is 4. The standard InChI is InChI=1S/C20H26N4O/c1-15(2)23-20-17-10-12-24(13-11-18(17)21-14-22-20)19(25)9-8-16-6-4-3-5-7-16/h3-7,14-15H,8-13H2,1-2H3,(H,21,22,23). The fourth-order valence-electron chi connectivity index (χ4n) is 3.23. The fraction of sp³-hybridized carbons (Fsp3) is 0.450. The molecule has 132 valence electrons. The van der Waals surface area contributed by atoms with Crippen molar-refractivity contribution < 1.29 is 4.79 Å². The van der Waals surface area contributed by atoms with Crippen LogP contribution in [0.2, 0.25) is 0 Å². The summed E-state index contributed by atoms with van der Waals surface area (Å²) in [7, 11) is 0. The van der Waals surface area contributed by atoms with Gasteiger partial charge in [0.2, 0.25) is 5.91 Å². The molecule has 1 aromatic carbocycles. The van der Waals surface area contributed by atoms with Crippen LogP contribution in [-0.2, 0) is 24.1 Å². The molecular formula is C20H26N4O. The Hall–Kier alpha value is -2.43. The zero-order chi connectivity index (χ0) is 17.6. The molecule has 0 atom stereocenters. The monoisotopic (exact) mass is 338 g/mol. The summed E-state index contributed by atoms with van der Waals surface area (Å²) in [6.07, 6.45) is 4.58. The van der Waals surface area contributed by atoms with Crippen molar-refractivity contribution in [2.24, 2.45) is 0 Å². The summed E-state index contributed by atoms with van der Waals surface area (Å²) in [5.41, 5.74) is 3.44. The second-order valence-corrected chi connectivity index (χ2v) is 6.81. The van der Waals surface area contributed by atoms with Crippen molar-refractivity contribution in [1.29, 1.82) is 0 Å². The molecule has 1 N–H and O–H groups in total. The van der Waals surface area contributed by atoms with Gasteiger partial charge in [0.1, 0.15) is 12.1 Å². The molecule has 1 aliphatic heterocycles. The lowest BCUT2D eigenvalue weighted by atomic mass is 10.1. The van der Waals surface area contributed by atoms with Crippen LogP contribution in [0, 0.1) is 0 Å². The summed E-state index contributed by atoms with van der Waals surface area (Å²) in [6.45, 7) is 5.68. The van der Waals surface area contributed by atoms with Crippen LogP contribution >= 0.6 is 0 Å². The maximum atomic E-state index is 12.6. The van der Waals surface area contributed by atoms with Crippen molar-refractivity contribution in [3.05, 3.63) is 53.5 Å². The number of amides is 1. The number of anilines is 1. The van der Waals surface area contributed by atoms with E-state index in [2.05, 4.69) is 41.3 Å². The van der Waals surface area contributed by atoms with Crippen LogP contribution in [0.1, 0.15) is 37.1 Å². The Morgan fingerprint density at radius 3 is 2.68 bits per heavy atom. The molecule has 0 radical (unpaired) electrons. The first kappa shape index (κ1) is 17.4. The highest BCUT2D eigenvalue weighted by Crippen LogP contribution is 2.21. The van der Waals surface area contributed by atoms with Gasteiger partial charge >= 0.3 is 0 Å². The first-order valence-corrected chi connectivity index (χ1v) is 9.04. The number of hydrogen-bond donors (Lipinski definition) is 1. The summed E-state index contributed by atoms with van der Waals surface area (Å²) >= 11 is 0. The maximum absolute atomic E-state index is 12.6. The summed E-state index contributed by atoms with van der Waals surface area (Å²) < 4.78 is 0. The van der Waals surface area contributed by atoms with E-state index in [0.29, 0.717) is 12.5 Å². The van der Waals surface area contributed by atoms with Crippen LogP contribution in [0.4, 0.5) is 5.82 Å². The van der Waals surface area contributed by atoms with E-state index in [9.17, 15) is 4.79 Å². The van der Waals surface area contributed by atoms with Crippen molar-refractivity contribution >= 4 is 11.7 Å². The number of carbonyl (C=O) groups is 1. The van der Waals surface area contributed by atoms with E-state index < -0.39 is 0 Å². The predicted octanol–water partition coefficient (Wildman–Crippen LogP) is 2.86. The van der Waals surface area contributed by atoms with Crippen LogP contribution in [0.25, 0.3) is 0 Å². The number of nitrogens with one attached hydrogen (secondary N) is 1. The van der Waals surface area contributed by atoms with E-state index in [1.54, 1.807) is 6.33 Å². The van der Waals surface area contributed by atoms with Gasteiger partial charge in [0.25, 0.3) is 0 Å². The Morgan fingerprint density at radius 1 is 1.16 bits per heavy atom. The predicted molar refractivity (Wildman–Crippen MR) is 99.5 cm³/mol. The number of fused-ring (bicyclic) bond motifs is 1. The van der Waals surface area contributed by atoms with E-state index >= 15 is 0 Å². The molecule has 0 spiro atoms. The third-order valence-electron chi connectivity index (χ3n) is 4.53. The largest absolute Gasteiger partial charge is 0.368 e. The quantitative estimate of drug-likeness (QED) is 0.911. The van der Waals surface area contributed by atoms with Gasteiger partial charge in [0.05, 0.1) is 5.69 Å². The maximum Gasteiger partial charge on any atom is 0.222 e. The van der Waals surface area contributed by atoms with E-state index in [-0.39, 0.29) is 5.91 Å². The van der Waals surface area contributed by atoms with Gasteiger partial charge < -0.3 is 10.2 Å². The van der Waals surface area contributed by atoms with E-state index in [0.717, 1.165) is 49.4 Å². The van der Waals surface area contributed by atoms with Crippen LogP contribution < -0.4 is 5.32 Å². The lowest BCUT2D eigenvalue weighted by molar-refractivity contribution is -0.131. The lowest BCUT2D eigenvalue weighted by Gasteiger charge is -2.20. The Labute approximate surface area is 149 Å². The highest BCUT2D eigenvalue weighted by molar-refractivity contribution is 5.76. The number of nitrogens with zero attached hydrogens (tertiary/aromatic N) is 3. The average molecular weight is 338 g/mol. The molecule has 1 aromatic heterocycles. The molecular weight excluding hydrogens is 312 g/mol. The second-order valence-electron chi connectivity index (χ2n) is 6.81. The first-order valence-electron chi connectivity index (χ1n) is 9.04. The van der Waals surface area contributed by atoms with Crippen LogP contribution in [0.5, 0.6) is 0 Å². The molecule has 0 bridgehead atoms. The van der Waals surface area contributed by atoms with Crippen molar-refractivity contribution in [1.82, 2.24) is 14.9 Å². The topological polar surface area (TPSA) is 58.1 Å². The van der Waals surface area contributed by atoms with E-state index in [1.807, 2.05) is 23.1 Å². The minimum absolute atomic E-state index is 0.225. The van der Waals surface area contributed by atoms with E-state index in [1.165, 1.54) is 5.56 Å². The number of aryl methyl sites for hydroxylation is 1. The highest BCUT2D eigenvalue weighted by Gasteiger charge is 2.21. The van der Waals surface area contributed by atoms with Gasteiger partial charge in [-0.15, -0.1) is 0 Å². The normalized spacial score (nSPS) is 14.1. The number of benzene rings is 1. The van der Waals surface area contributed by atoms with Gasteiger partial charge in [0.15, 0.2) is 0 Å². The summed E-state index contributed by atoms with van der Waals surface area (Å²) in [5, 5.41) is 3.40. The Balaban J connectivity index is 1.62. The third-order valence-corrected chi connectivity index (χ3v) is 4.53. The molecule has 0 aliphatic carbocycles. The molecule has 5 nitrogen and oxygen atoms in total. The molecule has 3 rings (SSSR count). The molecule has 2 aromatic rings. The number of rotatable bonds is 5. The molecule has 0 unspecified atom stereocenters. The minimum Gasteiger partial charge on any atom is -0.368 e. The first-order chi connectivity index (χ1) is 12.1. The Bertz CT molecular complexity index is 715. The van der Waals surface area contributed by atoms with Gasteiger partial charge in [-0.05, 0) is 32.3 Å². The molecule has 1 amide bonds. The minimum atomic E-state index is 0.225. The van der Waals surface area contributed by atoms with Gasteiger partial charge in [-0.3, -0.25) is 4.79 Å².